The molecule has 0 atom stereocenters. The van der Waals surface area contributed by atoms with Gasteiger partial charge in [-0.25, -0.2) is 4.68 Å². The number of nitrogens with two attached hydrogens (primary N) is 1. The van der Waals surface area contributed by atoms with Crippen LogP contribution in [0.4, 0.5) is 5.69 Å². The Hall–Kier alpha value is -2.28. The van der Waals surface area contributed by atoms with Crippen molar-refractivity contribution < 1.29 is 4.92 Å². The zero-order valence-electron chi connectivity index (χ0n) is 11.1. The second-order valence-corrected chi connectivity index (χ2v) is 5.04. The first-order valence-electron chi connectivity index (χ1n) is 6.51. The first-order chi connectivity index (χ1) is 9.61. The molecule has 1 heterocycles. The minimum atomic E-state index is -0.402. The predicted molar refractivity (Wildman–Crippen MR) is 72.6 cm³/mol. The summed E-state index contributed by atoms with van der Waals surface area (Å²) >= 11 is 0. The van der Waals surface area contributed by atoms with Crippen molar-refractivity contribution in [2.45, 2.75) is 32.2 Å². The van der Waals surface area contributed by atoms with E-state index in [4.69, 9.17) is 5.73 Å². The smallest absolute Gasteiger partial charge is 0.271 e. The summed E-state index contributed by atoms with van der Waals surface area (Å²) in [6.45, 7) is 2.24. The number of nitrogens with zero attached hydrogens (tertiary/aromatic N) is 4. The van der Waals surface area contributed by atoms with Gasteiger partial charge >= 0.3 is 0 Å². The number of hydrogen-bond donors (Lipinski definition) is 1. The van der Waals surface area contributed by atoms with Crippen LogP contribution in [-0.4, -0.2) is 19.9 Å². The third kappa shape index (κ3) is 2.05. The van der Waals surface area contributed by atoms with Gasteiger partial charge in [-0.2, -0.15) is 0 Å². The van der Waals surface area contributed by atoms with Gasteiger partial charge < -0.3 is 5.73 Å². The molecule has 104 valence electrons. The summed E-state index contributed by atoms with van der Waals surface area (Å²) in [6.07, 6.45) is 2.18. The van der Waals surface area contributed by atoms with Crippen LogP contribution in [0.15, 0.2) is 18.2 Å². The van der Waals surface area contributed by atoms with Crippen LogP contribution >= 0.6 is 0 Å². The zero-order valence-corrected chi connectivity index (χ0v) is 11.1. The van der Waals surface area contributed by atoms with E-state index in [0.717, 1.165) is 29.8 Å². The summed E-state index contributed by atoms with van der Waals surface area (Å²) in [5.74, 6) is 0.419. The van der Waals surface area contributed by atoms with Gasteiger partial charge in [0.25, 0.3) is 5.69 Å². The number of nitro groups is 1. The van der Waals surface area contributed by atoms with Crippen molar-refractivity contribution in [3.63, 3.8) is 0 Å². The van der Waals surface area contributed by atoms with E-state index in [-0.39, 0.29) is 5.69 Å². The lowest BCUT2D eigenvalue weighted by atomic mass is 10.1. The fraction of sp³-hybridized carbons (Fsp3) is 0.385. The lowest BCUT2D eigenvalue weighted by Crippen LogP contribution is -2.07. The fourth-order valence-corrected chi connectivity index (χ4v) is 2.35. The lowest BCUT2D eigenvalue weighted by molar-refractivity contribution is -0.384. The Kier molecular flexibility index (Phi) is 2.98. The maximum atomic E-state index is 10.9. The molecule has 0 radical (unpaired) electrons. The second-order valence-electron chi connectivity index (χ2n) is 5.04. The molecule has 7 heteroatoms. The molecule has 2 N–H and O–H groups in total. The zero-order chi connectivity index (χ0) is 14.3. The molecule has 0 saturated heterocycles. The van der Waals surface area contributed by atoms with Crippen molar-refractivity contribution in [1.29, 1.82) is 0 Å². The van der Waals surface area contributed by atoms with E-state index >= 15 is 0 Å². The quantitative estimate of drug-likeness (QED) is 0.676. The van der Waals surface area contributed by atoms with Gasteiger partial charge in [0.2, 0.25) is 0 Å². The van der Waals surface area contributed by atoms with Crippen molar-refractivity contribution in [2.24, 2.45) is 5.73 Å². The molecule has 1 aliphatic rings. The number of rotatable bonds is 4. The molecule has 3 rings (SSSR count). The number of nitro benzene ring substituents is 1. The molecule has 0 unspecified atom stereocenters. The van der Waals surface area contributed by atoms with Gasteiger partial charge in [0.1, 0.15) is 5.69 Å². The van der Waals surface area contributed by atoms with Crippen molar-refractivity contribution >= 4 is 5.69 Å². The standard InChI is InChI=1S/C13H15N5O2/c1-8-2-5-10(18(19)20)6-12(8)17-13(9-3-4-9)11(7-14)15-16-17/h2,5-6,9H,3-4,7,14H2,1H3. The number of non-ortho nitro benzene ring substituents is 1. The molecule has 0 spiro atoms. The summed E-state index contributed by atoms with van der Waals surface area (Å²) in [5, 5.41) is 19.2. The molecule has 0 aliphatic heterocycles. The Morgan fingerprint density at radius 3 is 2.85 bits per heavy atom. The Morgan fingerprint density at radius 2 is 2.25 bits per heavy atom. The van der Waals surface area contributed by atoms with Crippen LogP contribution in [0.25, 0.3) is 5.69 Å². The van der Waals surface area contributed by atoms with E-state index in [1.165, 1.54) is 12.1 Å². The van der Waals surface area contributed by atoms with Gasteiger partial charge in [0.05, 0.1) is 16.3 Å². The van der Waals surface area contributed by atoms with Gasteiger partial charge in [-0.3, -0.25) is 10.1 Å². The summed E-state index contributed by atoms with van der Waals surface area (Å²) in [7, 11) is 0. The number of hydrogen-bond acceptors (Lipinski definition) is 5. The minimum Gasteiger partial charge on any atom is -0.325 e. The van der Waals surface area contributed by atoms with Gasteiger partial charge in [0, 0.05) is 24.6 Å². The third-order valence-corrected chi connectivity index (χ3v) is 3.57. The number of benzene rings is 1. The lowest BCUT2D eigenvalue weighted by Gasteiger charge is -2.09. The van der Waals surface area contributed by atoms with E-state index in [2.05, 4.69) is 10.3 Å². The number of aromatic nitrogens is 3. The minimum absolute atomic E-state index is 0.0529. The summed E-state index contributed by atoms with van der Waals surface area (Å²) < 4.78 is 1.71. The highest BCUT2D eigenvalue weighted by Crippen LogP contribution is 2.42. The van der Waals surface area contributed by atoms with E-state index in [0.29, 0.717) is 18.2 Å². The molecular formula is C13H15N5O2. The van der Waals surface area contributed by atoms with Gasteiger partial charge in [-0.1, -0.05) is 11.3 Å². The highest BCUT2D eigenvalue weighted by atomic mass is 16.6. The van der Waals surface area contributed by atoms with Crippen molar-refractivity contribution in [3.05, 3.63) is 45.3 Å². The number of aryl methyl sites for hydroxylation is 1. The summed E-state index contributed by atoms with van der Waals surface area (Å²) in [5.41, 5.74) is 9.15. The van der Waals surface area contributed by atoms with E-state index < -0.39 is 4.92 Å². The Balaban J connectivity index is 2.15. The fourth-order valence-electron chi connectivity index (χ4n) is 2.35. The largest absolute Gasteiger partial charge is 0.325 e. The van der Waals surface area contributed by atoms with Crippen molar-refractivity contribution in [1.82, 2.24) is 15.0 Å². The van der Waals surface area contributed by atoms with E-state index in [9.17, 15) is 10.1 Å². The molecule has 7 nitrogen and oxygen atoms in total. The van der Waals surface area contributed by atoms with Crippen LogP contribution in [0.3, 0.4) is 0 Å². The highest BCUT2D eigenvalue weighted by molar-refractivity contribution is 5.49. The van der Waals surface area contributed by atoms with E-state index in [1.54, 1.807) is 10.7 Å². The molecular weight excluding hydrogens is 258 g/mol. The first kappa shape index (κ1) is 12.7. The van der Waals surface area contributed by atoms with Gasteiger partial charge in [0.15, 0.2) is 0 Å². The molecule has 0 bridgehead atoms. The molecule has 0 amide bonds. The molecule has 1 aliphatic carbocycles. The molecule has 1 aromatic carbocycles. The van der Waals surface area contributed by atoms with Crippen molar-refractivity contribution in [2.75, 3.05) is 0 Å². The predicted octanol–water partition coefficient (Wildman–Crippen LogP) is 1.82. The van der Waals surface area contributed by atoms with Gasteiger partial charge in [-0.15, -0.1) is 5.10 Å². The SMILES string of the molecule is Cc1ccc([N+](=O)[O-])cc1-n1nnc(CN)c1C1CC1. The molecule has 20 heavy (non-hydrogen) atoms. The average Bonchev–Trinajstić information content (AvgIpc) is 3.18. The molecule has 2 aromatic rings. The summed E-state index contributed by atoms with van der Waals surface area (Å²) in [6, 6.07) is 4.76. The van der Waals surface area contributed by atoms with Crippen LogP contribution < -0.4 is 5.73 Å². The Bertz CT molecular complexity index is 675. The topological polar surface area (TPSA) is 99.9 Å². The maximum Gasteiger partial charge on any atom is 0.271 e. The van der Waals surface area contributed by atoms with Crippen LogP contribution in [0.2, 0.25) is 0 Å². The average molecular weight is 273 g/mol. The Labute approximate surface area is 115 Å². The second kappa shape index (κ2) is 4.68. The van der Waals surface area contributed by atoms with Crippen LogP contribution in [0, 0.1) is 17.0 Å². The molecule has 1 fully saturated rings. The monoisotopic (exact) mass is 273 g/mol. The first-order valence-corrected chi connectivity index (χ1v) is 6.51. The normalized spacial score (nSPS) is 14.5. The molecule has 1 saturated carbocycles. The molecule has 1 aromatic heterocycles. The van der Waals surface area contributed by atoms with Crippen molar-refractivity contribution in [3.8, 4) is 5.69 Å². The van der Waals surface area contributed by atoms with Crippen LogP contribution in [-0.2, 0) is 6.54 Å². The highest BCUT2D eigenvalue weighted by Gasteiger charge is 2.31. The Morgan fingerprint density at radius 1 is 1.50 bits per heavy atom. The third-order valence-electron chi connectivity index (χ3n) is 3.57. The maximum absolute atomic E-state index is 10.9. The van der Waals surface area contributed by atoms with E-state index in [1.807, 2.05) is 6.92 Å². The van der Waals surface area contributed by atoms with Gasteiger partial charge in [-0.05, 0) is 25.3 Å². The van der Waals surface area contributed by atoms with Crippen LogP contribution in [0.5, 0.6) is 0 Å². The van der Waals surface area contributed by atoms with Crippen LogP contribution in [0.1, 0.15) is 35.7 Å². The summed E-state index contributed by atoms with van der Waals surface area (Å²) in [4.78, 5) is 10.5.